The van der Waals surface area contributed by atoms with Crippen LogP contribution in [0.3, 0.4) is 0 Å². The lowest BCUT2D eigenvalue weighted by atomic mass is 9.84. The number of methoxy groups -OCH3 is 1. The van der Waals surface area contributed by atoms with Crippen LogP contribution in [0.15, 0.2) is 60.7 Å². The molecule has 6 heteroatoms. The summed E-state index contributed by atoms with van der Waals surface area (Å²) in [7, 11) is -0.334. The van der Waals surface area contributed by atoms with Gasteiger partial charge in [-0.25, -0.2) is 0 Å². The predicted molar refractivity (Wildman–Crippen MR) is 168 cm³/mol. The second-order valence-electron chi connectivity index (χ2n) is 12.5. The molecule has 0 spiro atoms. The number of ether oxygens (including phenoxy) is 2. The third kappa shape index (κ3) is 11.5. The van der Waals surface area contributed by atoms with E-state index in [-0.39, 0.29) is 22.8 Å². The van der Waals surface area contributed by atoms with Gasteiger partial charge in [0.1, 0.15) is 5.75 Å². The SMILES string of the molecule is CC/C=C\C[C@H](CC(O)C1C(=O)C=C[C@@H]1C/C=C\CCCCOCc1ccc(OC)cc1)O[Si](C)(C)C(C)(C)C. The fourth-order valence-electron chi connectivity index (χ4n) is 4.73. The average molecular weight is 571 g/mol. The molecule has 0 saturated heterocycles. The third-order valence-corrected chi connectivity index (χ3v) is 12.7. The number of benzene rings is 1. The van der Waals surface area contributed by atoms with E-state index in [2.05, 4.69) is 65.1 Å². The Labute approximate surface area is 244 Å². The van der Waals surface area contributed by atoms with Crippen molar-refractivity contribution in [3.8, 4) is 5.75 Å². The fraction of sp³-hybridized carbons (Fsp3) is 0.618. The minimum absolute atomic E-state index is 0.0336. The first kappa shape index (κ1) is 34.2. The van der Waals surface area contributed by atoms with Crippen molar-refractivity contribution in [2.75, 3.05) is 13.7 Å². The monoisotopic (exact) mass is 570 g/mol. The smallest absolute Gasteiger partial charge is 0.192 e. The highest BCUT2D eigenvalue weighted by molar-refractivity contribution is 6.74. The Kier molecular flexibility index (Phi) is 14.6. The number of aliphatic hydroxyl groups is 1. The minimum Gasteiger partial charge on any atom is -0.497 e. The number of aliphatic hydroxyl groups excluding tert-OH is 1. The zero-order valence-corrected chi connectivity index (χ0v) is 27.0. The van der Waals surface area contributed by atoms with Gasteiger partial charge in [-0.1, -0.05) is 70.2 Å². The molecule has 1 aliphatic carbocycles. The first-order valence-electron chi connectivity index (χ1n) is 15.1. The molecule has 224 valence electrons. The van der Waals surface area contributed by atoms with Gasteiger partial charge in [-0.15, -0.1) is 0 Å². The van der Waals surface area contributed by atoms with Crippen LogP contribution >= 0.6 is 0 Å². The molecule has 40 heavy (non-hydrogen) atoms. The van der Waals surface area contributed by atoms with Crippen LogP contribution in [0.1, 0.15) is 78.2 Å². The molecule has 1 aromatic carbocycles. The topological polar surface area (TPSA) is 65.0 Å². The number of rotatable bonds is 18. The molecule has 0 heterocycles. The molecule has 2 rings (SSSR count). The van der Waals surface area contributed by atoms with Crippen molar-refractivity contribution in [2.24, 2.45) is 11.8 Å². The van der Waals surface area contributed by atoms with E-state index in [1.807, 2.05) is 30.3 Å². The van der Waals surface area contributed by atoms with Crippen molar-refractivity contribution in [2.45, 2.75) is 110 Å². The molecule has 0 fully saturated rings. The van der Waals surface area contributed by atoms with Crippen LogP contribution in [0.4, 0.5) is 0 Å². The molecule has 5 nitrogen and oxygen atoms in total. The van der Waals surface area contributed by atoms with Gasteiger partial charge in [0.2, 0.25) is 0 Å². The second-order valence-corrected chi connectivity index (χ2v) is 17.2. The zero-order chi connectivity index (χ0) is 29.6. The maximum atomic E-state index is 12.7. The van der Waals surface area contributed by atoms with Crippen LogP contribution in [0.2, 0.25) is 18.1 Å². The standard InChI is InChI=1S/C34H54O5Si/c1-8-9-13-17-30(39-40(6,7)34(2,3)4)25-32(36)33-28(20-23-31(33)35)16-14-11-10-12-15-24-38-26-27-18-21-29(37-5)22-19-27/h9,11,13-14,18-23,28,30,32-33,36H,8,10,12,15-17,24-26H2,1-7H3/b13-9-,14-11-/t28-,30+,32?,33?/m0/s1. The van der Waals surface area contributed by atoms with Gasteiger partial charge in [0.25, 0.3) is 0 Å². The molecule has 0 saturated carbocycles. The van der Waals surface area contributed by atoms with Crippen LogP contribution in [0, 0.1) is 11.8 Å². The Bertz CT molecular complexity index is 958. The summed E-state index contributed by atoms with van der Waals surface area (Å²) < 4.78 is 17.7. The molecule has 2 unspecified atom stereocenters. The maximum Gasteiger partial charge on any atom is 0.192 e. The summed E-state index contributed by atoms with van der Waals surface area (Å²) in [4.78, 5) is 12.7. The summed E-state index contributed by atoms with van der Waals surface area (Å²) in [6, 6.07) is 7.96. The molecule has 0 aromatic heterocycles. The van der Waals surface area contributed by atoms with Gasteiger partial charge in [-0.3, -0.25) is 4.79 Å². The summed E-state index contributed by atoms with van der Waals surface area (Å²) in [5.41, 5.74) is 1.15. The van der Waals surface area contributed by atoms with Gasteiger partial charge in [-0.05, 0) is 92.8 Å². The first-order chi connectivity index (χ1) is 19.0. The summed E-state index contributed by atoms with van der Waals surface area (Å²) >= 11 is 0. The van der Waals surface area contributed by atoms with E-state index in [1.54, 1.807) is 13.2 Å². The first-order valence-corrected chi connectivity index (χ1v) is 18.0. The summed E-state index contributed by atoms with van der Waals surface area (Å²) in [5, 5.41) is 11.3. The molecular weight excluding hydrogens is 516 g/mol. The number of carbonyl (C=O) groups is 1. The van der Waals surface area contributed by atoms with Crippen molar-refractivity contribution in [1.82, 2.24) is 0 Å². The Balaban J connectivity index is 1.79. The van der Waals surface area contributed by atoms with Crippen molar-refractivity contribution in [1.29, 1.82) is 0 Å². The van der Waals surface area contributed by atoms with E-state index in [9.17, 15) is 9.90 Å². The zero-order valence-electron chi connectivity index (χ0n) is 26.0. The summed E-state index contributed by atoms with van der Waals surface area (Å²) in [6.07, 6.45) is 17.5. The van der Waals surface area contributed by atoms with Crippen molar-refractivity contribution in [3.63, 3.8) is 0 Å². The molecule has 0 aliphatic heterocycles. The van der Waals surface area contributed by atoms with Crippen LogP contribution in [-0.4, -0.2) is 45.1 Å². The molecule has 1 aliphatic rings. The van der Waals surface area contributed by atoms with E-state index in [4.69, 9.17) is 13.9 Å². The Hall–Kier alpha value is -1.99. The van der Waals surface area contributed by atoms with E-state index in [0.717, 1.165) is 56.4 Å². The predicted octanol–water partition coefficient (Wildman–Crippen LogP) is 8.20. The second kappa shape index (κ2) is 17.1. The largest absolute Gasteiger partial charge is 0.497 e. The molecule has 0 amide bonds. The third-order valence-electron chi connectivity index (χ3n) is 8.20. The average Bonchev–Trinajstić information content (AvgIpc) is 3.27. The summed E-state index contributed by atoms with van der Waals surface area (Å²) in [5.74, 6) is 0.534. The minimum atomic E-state index is -2.00. The Morgan fingerprint density at radius 2 is 1.77 bits per heavy atom. The lowest BCUT2D eigenvalue weighted by Crippen LogP contribution is -2.45. The maximum absolute atomic E-state index is 12.7. The summed E-state index contributed by atoms with van der Waals surface area (Å²) in [6.45, 7) is 14.7. The molecule has 4 atom stereocenters. The molecule has 1 aromatic rings. The number of ketones is 1. The Morgan fingerprint density at radius 1 is 1.05 bits per heavy atom. The normalized spacial score (nSPS) is 19.6. The van der Waals surface area contributed by atoms with Gasteiger partial charge >= 0.3 is 0 Å². The number of hydrogen-bond acceptors (Lipinski definition) is 5. The lowest BCUT2D eigenvalue weighted by Gasteiger charge is -2.40. The molecular formula is C34H54O5Si. The number of allylic oxidation sites excluding steroid dienone is 5. The highest BCUT2D eigenvalue weighted by atomic mass is 28.4. The van der Waals surface area contributed by atoms with Gasteiger partial charge in [0.15, 0.2) is 14.1 Å². The molecule has 0 bridgehead atoms. The van der Waals surface area contributed by atoms with Crippen molar-refractivity contribution < 1.29 is 23.8 Å². The van der Waals surface area contributed by atoms with Crippen LogP contribution < -0.4 is 4.74 Å². The Morgan fingerprint density at radius 3 is 2.42 bits per heavy atom. The van der Waals surface area contributed by atoms with E-state index >= 15 is 0 Å². The quantitative estimate of drug-likeness (QED) is 0.109. The van der Waals surface area contributed by atoms with Crippen LogP contribution in [0.5, 0.6) is 5.75 Å². The number of hydrogen-bond donors (Lipinski definition) is 1. The van der Waals surface area contributed by atoms with Gasteiger partial charge in [0.05, 0.1) is 31.8 Å². The lowest BCUT2D eigenvalue weighted by molar-refractivity contribution is -0.122. The number of unbranched alkanes of at least 4 members (excludes halogenated alkanes) is 2. The molecule has 0 radical (unpaired) electrons. The van der Waals surface area contributed by atoms with E-state index in [0.29, 0.717) is 13.0 Å². The van der Waals surface area contributed by atoms with Crippen LogP contribution in [-0.2, 0) is 20.6 Å². The van der Waals surface area contributed by atoms with Crippen LogP contribution in [0.25, 0.3) is 0 Å². The van der Waals surface area contributed by atoms with Gasteiger partial charge < -0.3 is 19.0 Å². The van der Waals surface area contributed by atoms with E-state index < -0.39 is 20.3 Å². The fourth-order valence-corrected chi connectivity index (χ4v) is 6.11. The highest BCUT2D eigenvalue weighted by Gasteiger charge is 2.41. The number of carbonyl (C=O) groups excluding carboxylic acids is 1. The van der Waals surface area contributed by atoms with E-state index in [1.165, 1.54) is 0 Å². The van der Waals surface area contributed by atoms with Crippen molar-refractivity contribution >= 4 is 14.1 Å². The van der Waals surface area contributed by atoms with Gasteiger partial charge in [0, 0.05) is 6.61 Å². The highest BCUT2D eigenvalue weighted by Crippen LogP contribution is 2.39. The van der Waals surface area contributed by atoms with Crippen molar-refractivity contribution in [3.05, 3.63) is 66.3 Å². The van der Waals surface area contributed by atoms with Gasteiger partial charge in [-0.2, -0.15) is 0 Å². The molecule has 1 N–H and O–H groups in total.